The van der Waals surface area contributed by atoms with Crippen molar-refractivity contribution < 1.29 is 14.6 Å². The van der Waals surface area contributed by atoms with Crippen molar-refractivity contribution in [1.29, 1.82) is 0 Å². The topological polar surface area (TPSA) is 58.6 Å². The average Bonchev–Trinajstić information content (AvgIpc) is 2.40. The Morgan fingerprint density at radius 3 is 2.74 bits per heavy atom. The number of esters is 1. The lowest BCUT2D eigenvalue weighted by atomic mass is 9.98. The van der Waals surface area contributed by atoms with Crippen LogP contribution in [0.4, 0.5) is 0 Å². The summed E-state index contributed by atoms with van der Waals surface area (Å²) in [4.78, 5) is 11.4. The second kappa shape index (κ2) is 7.48. The summed E-state index contributed by atoms with van der Waals surface area (Å²) in [6.07, 6.45) is -0.664. The number of aliphatic hydroxyl groups excluding tert-OH is 1. The van der Waals surface area contributed by atoms with E-state index in [1.165, 1.54) is 7.11 Å². The van der Waals surface area contributed by atoms with Crippen LogP contribution in [0.5, 0.6) is 0 Å². The third kappa shape index (κ3) is 4.49. The number of aryl methyl sites for hydroxylation is 1. The lowest BCUT2D eigenvalue weighted by molar-refractivity contribution is -0.142. The van der Waals surface area contributed by atoms with Gasteiger partial charge < -0.3 is 15.2 Å². The summed E-state index contributed by atoms with van der Waals surface area (Å²) in [5.41, 5.74) is 1.63. The molecule has 0 bridgehead atoms. The van der Waals surface area contributed by atoms with E-state index in [1.807, 2.05) is 19.9 Å². The summed E-state index contributed by atoms with van der Waals surface area (Å²) in [6, 6.07) is 4.96. The van der Waals surface area contributed by atoms with Gasteiger partial charge >= 0.3 is 5.97 Å². The van der Waals surface area contributed by atoms with Crippen molar-refractivity contribution in [2.24, 2.45) is 0 Å². The Hall–Kier alpha value is -1.10. The van der Waals surface area contributed by atoms with Crippen LogP contribution >= 0.6 is 11.6 Å². The fourth-order valence-corrected chi connectivity index (χ4v) is 2.02. The molecule has 0 aliphatic carbocycles. The van der Waals surface area contributed by atoms with Crippen LogP contribution in [0.3, 0.4) is 0 Å². The number of carbonyl (C=O) groups excluding carboxylic acids is 1. The Morgan fingerprint density at radius 1 is 1.53 bits per heavy atom. The van der Waals surface area contributed by atoms with E-state index in [-0.39, 0.29) is 18.4 Å². The van der Waals surface area contributed by atoms with Gasteiger partial charge in [0.1, 0.15) is 0 Å². The van der Waals surface area contributed by atoms with Gasteiger partial charge in [-0.2, -0.15) is 0 Å². The Balaban J connectivity index is 2.88. The van der Waals surface area contributed by atoms with E-state index in [1.54, 1.807) is 12.1 Å². The van der Waals surface area contributed by atoms with Gasteiger partial charge in [-0.25, -0.2) is 0 Å². The highest BCUT2D eigenvalue weighted by molar-refractivity contribution is 6.31. The molecular weight excluding hydrogens is 266 g/mol. The number of carbonyl (C=O) groups is 1. The minimum absolute atomic E-state index is 0.118. The molecule has 0 aliphatic rings. The van der Waals surface area contributed by atoms with Crippen LogP contribution in [-0.2, 0) is 9.53 Å². The second-order valence-corrected chi connectivity index (χ2v) is 4.81. The minimum atomic E-state index is -0.782. The lowest BCUT2D eigenvalue weighted by Crippen LogP contribution is -2.37. The first-order valence-corrected chi connectivity index (χ1v) is 6.61. The van der Waals surface area contributed by atoms with Crippen LogP contribution in [0.1, 0.15) is 30.6 Å². The van der Waals surface area contributed by atoms with Crippen LogP contribution in [0.25, 0.3) is 0 Å². The van der Waals surface area contributed by atoms with Crippen molar-refractivity contribution in [3.05, 3.63) is 34.3 Å². The SMILES string of the molecule is CCNC(CC(=O)OC)C(O)c1ccc(Cl)c(C)c1. The number of methoxy groups -OCH3 is 1. The Labute approximate surface area is 118 Å². The van der Waals surface area contributed by atoms with Gasteiger partial charge in [-0.1, -0.05) is 30.7 Å². The van der Waals surface area contributed by atoms with E-state index >= 15 is 0 Å². The van der Waals surface area contributed by atoms with E-state index in [0.717, 1.165) is 11.1 Å². The molecule has 0 aromatic heterocycles. The van der Waals surface area contributed by atoms with Gasteiger partial charge in [-0.3, -0.25) is 4.79 Å². The molecule has 19 heavy (non-hydrogen) atoms. The monoisotopic (exact) mass is 285 g/mol. The first-order chi connectivity index (χ1) is 8.99. The minimum Gasteiger partial charge on any atom is -0.469 e. The summed E-state index contributed by atoms with van der Waals surface area (Å²) in [7, 11) is 1.34. The van der Waals surface area contributed by atoms with Crippen molar-refractivity contribution in [3.63, 3.8) is 0 Å². The number of likely N-dealkylation sites (N-methyl/N-ethyl adjacent to an activating group) is 1. The van der Waals surface area contributed by atoms with Gasteiger partial charge in [0.15, 0.2) is 0 Å². The van der Waals surface area contributed by atoms with Crippen molar-refractivity contribution in [1.82, 2.24) is 5.32 Å². The van der Waals surface area contributed by atoms with Crippen molar-refractivity contribution in [3.8, 4) is 0 Å². The standard InChI is InChI=1S/C14H20ClNO3/c1-4-16-12(8-13(17)19-3)14(18)10-5-6-11(15)9(2)7-10/h5-7,12,14,16,18H,4,8H2,1-3H3. The zero-order chi connectivity index (χ0) is 14.4. The predicted octanol–water partition coefficient (Wildman–Crippen LogP) is 2.22. The maximum atomic E-state index is 11.4. The zero-order valence-electron chi connectivity index (χ0n) is 11.4. The molecule has 0 aliphatic heterocycles. The van der Waals surface area contributed by atoms with E-state index in [0.29, 0.717) is 11.6 Å². The maximum absolute atomic E-state index is 11.4. The number of nitrogens with one attached hydrogen (secondary N) is 1. The molecule has 1 rings (SSSR count). The Morgan fingerprint density at radius 2 is 2.21 bits per heavy atom. The average molecular weight is 286 g/mol. The maximum Gasteiger partial charge on any atom is 0.307 e. The molecule has 0 spiro atoms. The smallest absolute Gasteiger partial charge is 0.307 e. The quantitative estimate of drug-likeness (QED) is 0.787. The summed E-state index contributed by atoms with van der Waals surface area (Å²) in [5.74, 6) is -0.351. The molecule has 106 valence electrons. The zero-order valence-corrected chi connectivity index (χ0v) is 12.2. The summed E-state index contributed by atoms with van der Waals surface area (Å²) in [5, 5.41) is 14.1. The van der Waals surface area contributed by atoms with Crippen molar-refractivity contribution in [2.75, 3.05) is 13.7 Å². The lowest BCUT2D eigenvalue weighted by Gasteiger charge is -2.23. The van der Waals surface area contributed by atoms with Crippen LogP contribution in [0, 0.1) is 6.92 Å². The molecule has 0 heterocycles. The van der Waals surface area contributed by atoms with Crippen molar-refractivity contribution in [2.45, 2.75) is 32.4 Å². The van der Waals surface area contributed by atoms with Gasteiger partial charge in [0.2, 0.25) is 0 Å². The van der Waals surface area contributed by atoms with Crippen LogP contribution < -0.4 is 5.32 Å². The van der Waals surface area contributed by atoms with E-state index in [9.17, 15) is 9.90 Å². The van der Waals surface area contributed by atoms with Crippen LogP contribution in [-0.4, -0.2) is 30.8 Å². The fourth-order valence-electron chi connectivity index (χ4n) is 1.90. The normalized spacial score (nSPS) is 13.9. The largest absolute Gasteiger partial charge is 0.469 e. The molecule has 4 nitrogen and oxygen atoms in total. The second-order valence-electron chi connectivity index (χ2n) is 4.40. The summed E-state index contributed by atoms with van der Waals surface area (Å²) in [6.45, 7) is 4.45. The van der Waals surface area contributed by atoms with E-state index in [4.69, 9.17) is 11.6 Å². The molecule has 0 fully saturated rings. The third-order valence-electron chi connectivity index (χ3n) is 2.99. The van der Waals surface area contributed by atoms with E-state index < -0.39 is 6.10 Å². The molecule has 0 saturated carbocycles. The van der Waals surface area contributed by atoms with Gasteiger partial charge in [0.25, 0.3) is 0 Å². The molecule has 5 heteroatoms. The number of hydrogen-bond donors (Lipinski definition) is 2. The van der Waals surface area contributed by atoms with Gasteiger partial charge in [-0.05, 0) is 30.7 Å². The highest BCUT2D eigenvalue weighted by Gasteiger charge is 2.23. The number of ether oxygens (including phenoxy) is 1. The van der Waals surface area contributed by atoms with Crippen molar-refractivity contribution >= 4 is 17.6 Å². The van der Waals surface area contributed by atoms with Gasteiger partial charge in [0.05, 0.1) is 19.6 Å². The molecule has 1 aromatic carbocycles. The molecule has 2 N–H and O–H groups in total. The highest BCUT2D eigenvalue weighted by atomic mass is 35.5. The predicted molar refractivity (Wildman–Crippen MR) is 75.2 cm³/mol. The molecule has 0 radical (unpaired) electrons. The first-order valence-electron chi connectivity index (χ1n) is 6.23. The number of benzene rings is 1. The summed E-state index contributed by atoms with van der Waals surface area (Å²) >= 11 is 5.96. The van der Waals surface area contributed by atoms with Gasteiger partial charge in [0, 0.05) is 11.1 Å². The molecule has 2 unspecified atom stereocenters. The highest BCUT2D eigenvalue weighted by Crippen LogP contribution is 2.24. The number of hydrogen-bond acceptors (Lipinski definition) is 4. The van der Waals surface area contributed by atoms with E-state index in [2.05, 4.69) is 10.1 Å². The third-order valence-corrected chi connectivity index (χ3v) is 3.41. The number of halogens is 1. The number of aliphatic hydroxyl groups is 1. The fraction of sp³-hybridized carbons (Fsp3) is 0.500. The molecule has 1 aromatic rings. The van der Waals surface area contributed by atoms with Gasteiger partial charge in [-0.15, -0.1) is 0 Å². The Bertz CT molecular complexity index is 437. The Kier molecular flexibility index (Phi) is 6.28. The first kappa shape index (κ1) is 16.0. The summed E-state index contributed by atoms with van der Waals surface area (Å²) < 4.78 is 4.64. The molecular formula is C14H20ClNO3. The molecule has 2 atom stereocenters. The molecule has 0 saturated heterocycles. The molecule has 0 amide bonds. The number of rotatable bonds is 6. The van der Waals surface area contributed by atoms with Crippen LogP contribution in [0.2, 0.25) is 5.02 Å². The van der Waals surface area contributed by atoms with Crippen LogP contribution in [0.15, 0.2) is 18.2 Å².